The molecule has 0 saturated carbocycles. The Hall–Kier alpha value is -1.89. The zero-order chi connectivity index (χ0) is 15.9. The van der Waals surface area contributed by atoms with E-state index in [4.69, 9.17) is 0 Å². The largest absolute Gasteiger partial charge is 0.480 e. The van der Waals surface area contributed by atoms with Crippen molar-refractivity contribution < 1.29 is 19.5 Å². The van der Waals surface area contributed by atoms with Crippen LogP contribution in [0, 0.1) is 0 Å². The van der Waals surface area contributed by atoms with Crippen LogP contribution in [-0.2, 0) is 9.59 Å². The zero-order valence-electron chi connectivity index (χ0n) is 12.1. The second kappa shape index (κ2) is 7.78. The third kappa shape index (κ3) is 4.56. The van der Waals surface area contributed by atoms with Crippen LogP contribution < -0.4 is 10.6 Å². The van der Waals surface area contributed by atoms with Gasteiger partial charge < -0.3 is 15.7 Å². The number of aliphatic carboxylic acids is 1. The molecule has 0 aromatic carbocycles. The molecule has 1 aromatic rings. The Morgan fingerprint density at radius 1 is 1.29 bits per heavy atom. The number of nitrogens with one attached hydrogen (secondary N) is 2. The number of thiophene rings is 1. The van der Waals surface area contributed by atoms with Gasteiger partial charge in [0, 0.05) is 23.9 Å². The van der Waals surface area contributed by atoms with Crippen LogP contribution in [-0.4, -0.2) is 35.0 Å². The van der Waals surface area contributed by atoms with Gasteiger partial charge in [-0.15, -0.1) is 0 Å². The highest BCUT2D eigenvalue weighted by atomic mass is 32.1. The van der Waals surface area contributed by atoms with Crippen LogP contribution in [0.4, 0.5) is 0 Å². The van der Waals surface area contributed by atoms with Crippen LogP contribution in [0.2, 0.25) is 0 Å². The highest BCUT2D eigenvalue weighted by Crippen LogP contribution is 2.15. The van der Waals surface area contributed by atoms with Gasteiger partial charge in [0.05, 0.1) is 0 Å². The Bertz CT molecular complexity index is 495. The molecule has 6 nitrogen and oxygen atoms in total. The molecule has 1 rings (SSSR count). The molecular weight excluding hydrogens is 292 g/mol. The zero-order valence-corrected chi connectivity index (χ0v) is 13.0. The second-order valence-electron chi connectivity index (χ2n) is 4.66. The number of carboxylic acids is 1. The van der Waals surface area contributed by atoms with Crippen molar-refractivity contribution >= 4 is 29.1 Å². The molecule has 0 bridgehead atoms. The molecule has 0 atom stereocenters. The summed E-state index contributed by atoms with van der Waals surface area (Å²) in [6, 6.07) is 1.70. The molecule has 0 radical (unpaired) electrons. The SMILES string of the molecule is CCC(CC)(NC(=O)CCNC(=O)c1ccsc1)C(=O)O. The van der Waals surface area contributed by atoms with Gasteiger partial charge in [0.15, 0.2) is 0 Å². The molecule has 0 unspecified atom stereocenters. The summed E-state index contributed by atoms with van der Waals surface area (Å²) in [5.74, 6) is -1.66. The minimum absolute atomic E-state index is 0.0465. The third-order valence-corrected chi connectivity index (χ3v) is 4.10. The standard InChI is InChI=1S/C14H20N2O4S/c1-3-14(4-2,13(19)20)16-11(17)5-7-15-12(18)10-6-8-21-9-10/h6,8-9H,3-5,7H2,1-2H3,(H,15,18)(H,16,17)(H,19,20). The molecule has 116 valence electrons. The lowest BCUT2D eigenvalue weighted by molar-refractivity contribution is -0.148. The van der Waals surface area contributed by atoms with Crippen LogP contribution >= 0.6 is 11.3 Å². The molecule has 0 aliphatic carbocycles. The second-order valence-corrected chi connectivity index (χ2v) is 5.44. The number of rotatable bonds is 8. The van der Waals surface area contributed by atoms with E-state index >= 15 is 0 Å². The predicted octanol–water partition coefficient (Wildman–Crippen LogP) is 1.63. The quantitative estimate of drug-likeness (QED) is 0.680. The number of carboxylic acid groups (broad SMARTS) is 1. The Balaban J connectivity index is 2.43. The molecule has 0 aliphatic heterocycles. The van der Waals surface area contributed by atoms with E-state index in [0.717, 1.165) is 0 Å². The van der Waals surface area contributed by atoms with Crippen LogP contribution in [0.5, 0.6) is 0 Å². The minimum atomic E-state index is -1.23. The molecule has 0 saturated heterocycles. The number of carbonyl (C=O) groups excluding carboxylic acids is 2. The molecule has 0 spiro atoms. The van der Waals surface area contributed by atoms with E-state index in [1.807, 2.05) is 0 Å². The number of hydrogen-bond acceptors (Lipinski definition) is 4. The van der Waals surface area contributed by atoms with Gasteiger partial charge in [-0.1, -0.05) is 13.8 Å². The monoisotopic (exact) mass is 312 g/mol. The Morgan fingerprint density at radius 2 is 1.95 bits per heavy atom. The summed E-state index contributed by atoms with van der Waals surface area (Å²) in [5, 5.41) is 17.9. The van der Waals surface area contributed by atoms with Gasteiger partial charge in [0.1, 0.15) is 5.54 Å². The maximum atomic E-state index is 11.8. The predicted molar refractivity (Wildman–Crippen MR) is 80.4 cm³/mol. The number of amides is 2. The fourth-order valence-corrected chi connectivity index (χ4v) is 2.53. The molecule has 1 heterocycles. The van der Waals surface area contributed by atoms with Gasteiger partial charge in [0.25, 0.3) is 5.91 Å². The Labute approximate surface area is 127 Å². The lowest BCUT2D eigenvalue weighted by Crippen LogP contribution is -2.54. The third-order valence-electron chi connectivity index (χ3n) is 3.42. The first kappa shape index (κ1) is 17.2. The summed E-state index contributed by atoms with van der Waals surface area (Å²) in [6.45, 7) is 3.61. The molecule has 0 aliphatic rings. The average Bonchev–Trinajstić information content (AvgIpc) is 2.98. The summed E-state index contributed by atoms with van der Waals surface area (Å²) >= 11 is 1.42. The van der Waals surface area contributed by atoms with Crippen molar-refractivity contribution in [3.8, 4) is 0 Å². The van der Waals surface area contributed by atoms with E-state index in [1.54, 1.807) is 30.7 Å². The van der Waals surface area contributed by atoms with E-state index in [-0.39, 0.29) is 24.8 Å². The summed E-state index contributed by atoms with van der Waals surface area (Å²) in [5.41, 5.74) is -0.670. The molecule has 1 aromatic heterocycles. The first-order valence-electron chi connectivity index (χ1n) is 6.80. The first-order valence-corrected chi connectivity index (χ1v) is 7.74. The van der Waals surface area contributed by atoms with E-state index in [2.05, 4.69) is 10.6 Å². The number of carbonyl (C=O) groups is 3. The van der Waals surface area contributed by atoms with Gasteiger partial charge in [-0.05, 0) is 24.3 Å². The fraction of sp³-hybridized carbons (Fsp3) is 0.500. The van der Waals surface area contributed by atoms with E-state index in [9.17, 15) is 19.5 Å². The van der Waals surface area contributed by atoms with Crippen LogP contribution in [0.3, 0.4) is 0 Å². The van der Waals surface area contributed by atoms with E-state index < -0.39 is 11.5 Å². The van der Waals surface area contributed by atoms with E-state index in [0.29, 0.717) is 18.4 Å². The maximum absolute atomic E-state index is 11.8. The highest BCUT2D eigenvalue weighted by Gasteiger charge is 2.36. The molecular formula is C14H20N2O4S. The first-order chi connectivity index (χ1) is 9.95. The van der Waals surface area contributed by atoms with Crippen molar-refractivity contribution in [2.75, 3.05) is 6.54 Å². The molecule has 3 N–H and O–H groups in total. The normalized spacial score (nSPS) is 11.0. The van der Waals surface area contributed by atoms with Crippen molar-refractivity contribution in [2.24, 2.45) is 0 Å². The molecule has 7 heteroatoms. The smallest absolute Gasteiger partial charge is 0.329 e. The Morgan fingerprint density at radius 3 is 2.43 bits per heavy atom. The minimum Gasteiger partial charge on any atom is -0.480 e. The molecule has 21 heavy (non-hydrogen) atoms. The lowest BCUT2D eigenvalue weighted by atomic mass is 9.93. The average molecular weight is 312 g/mol. The molecule has 2 amide bonds. The highest BCUT2D eigenvalue weighted by molar-refractivity contribution is 7.08. The van der Waals surface area contributed by atoms with Gasteiger partial charge in [-0.3, -0.25) is 9.59 Å². The Kier molecular flexibility index (Phi) is 6.36. The molecule has 0 fully saturated rings. The van der Waals surface area contributed by atoms with Gasteiger partial charge in [0.2, 0.25) is 5.91 Å². The van der Waals surface area contributed by atoms with Crippen molar-refractivity contribution in [1.29, 1.82) is 0 Å². The van der Waals surface area contributed by atoms with Crippen molar-refractivity contribution in [1.82, 2.24) is 10.6 Å². The van der Waals surface area contributed by atoms with E-state index in [1.165, 1.54) is 11.3 Å². The topological polar surface area (TPSA) is 95.5 Å². The van der Waals surface area contributed by atoms with Crippen molar-refractivity contribution in [3.05, 3.63) is 22.4 Å². The van der Waals surface area contributed by atoms with Crippen molar-refractivity contribution in [2.45, 2.75) is 38.6 Å². The summed E-state index contributed by atoms with van der Waals surface area (Å²) in [4.78, 5) is 34.8. The van der Waals surface area contributed by atoms with Crippen molar-refractivity contribution in [3.63, 3.8) is 0 Å². The fourth-order valence-electron chi connectivity index (χ4n) is 1.90. The summed E-state index contributed by atoms with van der Waals surface area (Å²) < 4.78 is 0. The summed E-state index contributed by atoms with van der Waals surface area (Å²) in [7, 11) is 0. The number of hydrogen-bond donors (Lipinski definition) is 3. The van der Waals surface area contributed by atoms with Crippen LogP contribution in [0.1, 0.15) is 43.5 Å². The lowest BCUT2D eigenvalue weighted by Gasteiger charge is -2.28. The van der Waals surface area contributed by atoms with Crippen LogP contribution in [0.25, 0.3) is 0 Å². The van der Waals surface area contributed by atoms with Gasteiger partial charge in [-0.2, -0.15) is 11.3 Å². The maximum Gasteiger partial charge on any atom is 0.329 e. The summed E-state index contributed by atoms with van der Waals surface area (Å²) in [6.07, 6.45) is 0.669. The van der Waals surface area contributed by atoms with Gasteiger partial charge in [-0.25, -0.2) is 4.79 Å². The van der Waals surface area contributed by atoms with Crippen LogP contribution in [0.15, 0.2) is 16.8 Å². The van der Waals surface area contributed by atoms with Gasteiger partial charge >= 0.3 is 5.97 Å².